The van der Waals surface area contributed by atoms with E-state index in [4.69, 9.17) is 14.8 Å². The Balaban J connectivity index is 2.58. The van der Waals surface area contributed by atoms with Crippen molar-refractivity contribution in [2.45, 2.75) is 30.6 Å². The molecule has 0 aliphatic heterocycles. The molecular formula is C9H15NO7S. The highest BCUT2D eigenvalue weighted by Gasteiger charge is 2.37. The average Bonchev–Trinajstić information content (AvgIpc) is 2.73. The van der Waals surface area contributed by atoms with E-state index < -0.39 is 45.8 Å². The van der Waals surface area contributed by atoms with Gasteiger partial charge in [-0.3, -0.25) is 9.35 Å². The van der Waals surface area contributed by atoms with Crippen LogP contribution in [0.15, 0.2) is 0 Å². The molecule has 0 aromatic carbocycles. The Bertz CT molecular complexity index is 432. The zero-order valence-corrected chi connectivity index (χ0v) is 10.3. The fourth-order valence-electron chi connectivity index (χ4n) is 1.92. The minimum Gasteiger partial charge on any atom is -0.480 e. The lowest BCUT2D eigenvalue weighted by Crippen LogP contribution is -2.45. The van der Waals surface area contributed by atoms with Gasteiger partial charge in [-0.25, -0.2) is 4.79 Å². The Morgan fingerprint density at radius 1 is 1.33 bits per heavy atom. The lowest BCUT2D eigenvalue weighted by Gasteiger charge is -2.15. The molecule has 0 radical (unpaired) electrons. The number of amides is 1. The molecule has 0 heterocycles. The molecule has 8 nitrogen and oxygen atoms in total. The van der Waals surface area contributed by atoms with Gasteiger partial charge in [0.2, 0.25) is 5.91 Å². The number of nitrogens with one attached hydrogen (secondary N) is 1. The Labute approximate surface area is 104 Å². The van der Waals surface area contributed by atoms with Gasteiger partial charge in [-0.2, -0.15) is 8.42 Å². The first kappa shape index (κ1) is 14.9. The molecule has 1 amide bonds. The molecular weight excluding hydrogens is 266 g/mol. The van der Waals surface area contributed by atoms with E-state index in [0.717, 1.165) is 0 Å². The number of carboxylic acid groups (broad SMARTS) is 1. The molecule has 0 unspecified atom stereocenters. The summed E-state index contributed by atoms with van der Waals surface area (Å²) in [5.41, 5.74) is 0. The second-order valence-corrected chi connectivity index (χ2v) is 5.93. The lowest BCUT2D eigenvalue weighted by atomic mass is 10.1. The minimum absolute atomic E-state index is 0.0393. The van der Waals surface area contributed by atoms with Crippen molar-refractivity contribution in [3.63, 3.8) is 0 Å². The fourth-order valence-corrected chi connectivity index (χ4v) is 2.83. The van der Waals surface area contributed by atoms with Crippen LogP contribution in [0.4, 0.5) is 0 Å². The van der Waals surface area contributed by atoms with Crippen LogP contribution in [-0.2, 0) is 19.7 Å². The van der Waals surface area contributed by atoms with Crippen LogP contribution in [0.1, 0.15) is 19.3 Å². The number of carbonyl (C=O) groups is 2. The van der Waals surface area contributed by atoms with Gasteiger partial charge in [0.15, 0.2) is 0 Å². The summed E-state index contributed by atoms with van der Waals surface area (Å²) in [6.07, 6.45) is 0.379. The molecule has 4 N–H and O–H groups in total. The van der Waals surface area contributed by atoms with E-state index in [9.17, 15) is 18.0 Å². The summed E-state index contributed by atoms with van der Waals surface area (Å²) in [6.45, 7) is -0.741. The van der Waals surface area contributed by atoms with Crippen molar-refractivity contribution in [1.29, 1.82) is 0 Å². The third-order valence-electron chi connectivity index (χ3n) is 2.97. The minimum atomic E-state index is -4.17. The Morgan fingerprint density at radius 2 is 1.94 bits per heavy atom. The molecule has 0 aromatic rings. The van der Waals surface area contributed by atoms with Gasteiger partial charge in [0, 0.05) is 5.92 Å². The van der Waals surface area contributed by atoms with Crippen molar-refractivity contribution in [3.8, 4) is 0 Å². The van der Waals surface area contributed by atoms with Crippen molar-refractivity contribution in [2.75, 3.05) is 6.61 Å². The zero-order valence-electron chi connectivity index (χ0n) is 9.44. The van der Waals surface area contributed by atoms with Crippen LogP contribution in [0, 0.1) is 5.92 Å². The number of rotatable bonds is 5. The van der Waals surface area contributed by atoms with Gasteiger partial charge < -0.3 is 15.5 Å². The SMILES string of the molecule is O=C(N[C@@H](CO)C(=O)O)[C@H]1CC[C@@H](S(=O)(=O)O)C1. The first-order chi connectivity index (χ1) is 8.25. The lowest BCUT2D eigenvalue weighted by molar-refractivity contribution is -0.143. The van der Waals surface area contributed by atoms with Crippen LogP contribution in [0.25, 0.3) is 0 Å². The number of aliphatic hydroxyl groups is 1. The van der Waals surface area contributed by atoms with Gasteiger partial charge in [-0.15, -0.1) is 0 Å². The van der Waals surface area contributed by atoms with Crippen LogP contribution < -0.4 is 5.32 Å². The standard InChI is InChI=1S/C9H15NO7S/c11-4-7(9(13)14)10-8(12)5-1-2-6(3-5)18(15,16)17/h5-7,11H,1-4H2,(H,10,12)(H,13,14)(H,15,16,17)/t5-,6+,7-/m0/s1. The molecule has 104 valence electrons. The van der Waals surface area contributed by atoms with Crippen LogP contribution in [0.5, 0.6) is 0 Å². The predicted molar refractivity (Wildman–Crippen MR) is 59.3 cm³/mol. The highest BCUT2D eigenvalue weighted by molar-refractivity contribution is 7.86. The van der Waals surface area contributed by atoms with Crippen LogP contribution in [0.3, 0.4) is 0 Å². The molecule has 0 saturated heterocycles. The Kier molecular flexibility index (Phi) is 4.65. The van der Waals surface area contributed by atoms with E-state index in [1.165, 1.54) is 0 Å². The summed E-state index contributed by atoms with van der Waals surface area (Å²) >= 11 is 0. The molecule has 3 atom stereocenters. The first-order valence-corrected chi connectivity index (χ1v) is 6.86. The Hall–Kier alpha value is -1.19. The highest BCUT2D eigenvalue weighted by Crippen LogP contribution is 2.30. The van der Waals surface area contributed by atoms with E-state index in [-0.39, 0.29) is 19.3 Å². The molecule has 1 rings (SSSR count). The van der Waals surface area contributed by atoms with E-state index in [1.54, 1.807) is 0 Å². The quantitative estimate of drug-likeness (QED) is 0.454. The van der Waals surface area contributed by atoms with Crippen molar-refractivity contribution >= 4 is 22.0 Å². The number of carboxylic acids is 1. The summed E-state index contributed by atoms with van der Waals surface area (Å²) in [6, 6.07) is -1.40. The maximum atomic E-state index is 11.6. The molecule has 18 heavy (non-hydrogen) atoms. The predicted octanol–water partition coefficient (Wildman–Crippen LogP) is -1.40. The van der Waals surface area contributed by atoms with Crippen molar-refractivity contribution in [1.82, 2.24) is 5.32 Å². The topological polar surface area (TPSA) is 141 Å². The summed E-state index contributed by atoms with van der Waals surface area (Å²) in [5, 5.41) is 18.5. The van der Waals surface area contributed by atoms with Gasteiger partial charge in [0.05, 0.1) is 11.9 Å². The summed E-state index contributed by atoms with van der Waals surface area (Å²) in [5.74, 6) is -2.65. The third-order valence-corrected chi connectivity index (χ3v) is 4.24. The van der Waals surface area contributed by atoms with E-state index in [1.807, 2.05) is 0 Å². The smallest absolute Gasteiger partial charge is 0.328 e. The monoisotopic (exact) mass is 281 g/mol. The number of aliphatic hydroxyl groups excluding tert-OH is 1. The number of hydrogen-bond acceptors (Lipinski definition) is 5. The largest absolute Gasteiger partial charge is 0.480 e. The van der Waals surface area contributed by atoms with Gasteiger partial charge >= 0.3 is 5.97 Å². The van der Waals surface area contributed by atoms with E-state index in [2.05, 4.69) is 5.32 Å². The van der Waals surface area contributed by atoms with Gasteiger partial charge in [-0.05, 0) is 19.3 Å². The normalized spacial score (nSPS) is 25.7. The molecule has 1 saturated carbocycles. The highest BCUT2D eigenvalue weighted by atomic mass is 32.2. The maximum Gasteiger partial charge on any atom is 0.328 e. The van der Waals surface area contributed by atoms with Crippen LogP contribution in [0.2, 0.25) is 0 Å². The zero-order chi connectivity index (χ0) is 13.9. The molecule has 1 aliphatic rings. The number of aliphatic carboxylic acids is 1. The first-order valence-electron chi connectivity index (χ1n) is 5.36. The maximum absolute atomic E-state index is 11.6. The molecule has 0 aromatic heterocycles. The fraction of sp³-hybridized carbons (Fsp3) is 0.778. The van der Waals surface area contributed by atoms with Gasteiger partial charge in [-0.1, -0.05) is 0 Å². The summed E-state index contributed by atoms with van der Waals surface area (Å²) < 4.78 is 30.6. The van der Waals surface area contributed by atoms with Crippen molar-refractivity contribution < 1.29 is 32.8 Å². The summed E-state index contributed by atoms with van der Waals surface area (Å²) in [4.78, 5) is 22.2. The van der Waals surface area contributed by atoms with Gasteiger partial charge in [0.1, 0.15) is 6.04 Å². The molecule has 1 fully saturated rings. The van der Waals surface area contributed by atoms with Crippen LogP contribution >= 0.6 is 0 Å². The summed E-state index contributed by atoms with van der Waals surface area (Å²) in [7, 11) is -4.17. The average molecular weight is 281 g/mol. The molecule has 0 bridgehead atoms. The molecule has 9 heteroatoms. The third kappa shape index (κ3) is 3.65. The number of carbonyl (C=O) groups excluding carboxylic acids is 1. The van der Waals surface area contributed by atoms with Crippen LogP contribution in [-0.4, -0.2) is 53.0 Å². The van der Waals surface area contributed by atoms with Crippen molar-refractivity contribution in [3.05, 3.63) is 0 Å². The second-order valence-electron chi connectivity index (χ2n) is 4.23. The van der Waals surface area contributed by atoms with E-state index in [0.29, 0.717) is 0 Å². The number of hydrogen-bond donors (Lipinski definition) is 4. The van der Waals surface area contributed by atoms with Crippen molar-refractivity contribution in [2.24, 2.45) is 5.92 Å². The molecule has 0 spiro atoms. The second kappa shape index (κ2) is 5.63. The van der Waals surface area contributed by atoms with E-state index >= 15 is 0 Å². The van der Waals surface area contributed by atoms with Gasteiger partial charge in [0.25, 0.3) is 10.1 Å². The molecule has 1 aliphatic carbocycles. The Morgan fingerprint density at radius 3 is 2.33 bits per heavy atom.